The third-order valence-corrected chi connectivity index (χ3v) is 5.90. The summed E-state index contributed by atoms with van der Waals surface area (Å²) in [6, 6.07) is 12.9. The van der Waals surface area contributed by atoms with E-state index in [1.165, 1.54) is 0 Å². The Kier molecular flexibility index (Phi) is 7.97. The average Bonchev–Trinajstić information content (AvgIpc) is 2.91. The van der Waals surface area contributed by atoms with Crippen molar-refractivity contribution in [1.82, 2.24) is 15.4 Å². The molecule has 0 saturated carbocycles. The van der Waals surface area contributed by atoms with Crippen LogP contribution in [0.1, 0.15) is 29.8 Å². The highest BCUT2D eigenvalue weighted by Crippen LogP contribution is 2.37. The molecule has 1 saturated heterocycles. The van der Waals surface area contributed by atoms with Crippen LogP contribution in [-0.2, 0) is 0 Å². The number of hydrogen-bond donors (Lipinski definition) is 1. The second-order valence-electron chi connectivity index (χ2n) is 8.75. The zero-order valence-electron chi connectivity index (χ0n) is 21.2. The quantitative estimate of drug-likeness (QED) is 0.471. The van der Waals surface area contributed by atoms with Crippen molar-refractivity contribution in [3.05, 3.63) is 53.7 Å². The average molecular weight is 500 g/mol. The molecule has 1 amide bonds. The molecule has 0 bridgehead atoms. The van der Waals surface area contributed by atoms with Gasteiger partial charge in [-0.1, -0.05) is 5.92 Å². The van der Waals surface area contributed by atoms with Gasteiger partial charge in [0, 0.05) is 49.4 Å². The Bertz CT molecular complexity index is 1350. The van der Waals surface area contributed by atoms with Crippen molar-refractivity contribution in [2.45, 2.75) is 20.0 Å². The van der Waals surface area contributed by atoms with E-state index in [-0.39, 0.29) is 18.6 Å². The van der Waals surface area contributed by atoms with Crippen molar-refractivity contribution in [1.29, 1.82) is 5.26 Å². The summed E-state index contributed by atoms with van der Waals surface area (Å²) in [6.45, 7) is 6.38. The Labute approximate surface area is 216 Å². The first-order chi connectivity index (χ1) is 17.9. The van der Waals surface area contributed by atoms with Gasteiger partial charge in [-0.2, -0.15) is 5.26 Å². The zero-order chi connectivity index (χ0) is 26.4. The smallest absolute Gasteiger partial charge is 0.265 e. The maximum Gasteiger partial charge on any atom is 0.265 e. The molecule has 9 nitrogen and oxygen atoms in total. The maximum absolute atomic E-state index is 12.8. The molecular weight excluding hydrogens is 470 g/mol. The molecule has 4 rings (SSSR count). The van der Waals surface area contributed by atoms with Crippen LogP contribution in [0.4, 0.5) is 5.69 Å². The molecule has 9 heteroatoms. The molecule has 0 unspecified atom stereocenters. The number of amides is 1. The molecule has 1 aliphatic heterocycles. The number of nitrogens with one attached hydrogen (secondary N) is 1. The first-order valence-corrected chi connectivity index (χ1v) is 12.0. The van der Waals surface area contributed by atoms with Gasteiger partial charge in [-0.3, -0.25) is 15.2 Å². The van der Waals surface area contributed by atoms with Gasteiger partial charge >= 0.3 is 0 Å². The van der Waals surface area contributed by atoms with Crippen LogP contribution in [0, 0.1) is 23.7 Å². The Balaban J connectivity index is 1.49. The second-order valence-corrected chi connectivity index (χ2v) is 8.75. The Morgan fingerprint density at radius 3 is 2.51 bits per heavy atom. The Morgan fingerprint density at radius 2 is 1.89 bits per heavy atom. The van der Waals surface area contributed by atoms with Crippen LogP contribution in [0.2, 0.25) is 0 Å². The van der Waals surface area contributed by atoms with Gasteiger partial charge in [0.1, 0.15) is 18.4 Å². The first-order valence-electron chi connectivity index (χ1n) is 12.0. The lowest BCUT2D eigenvalue weighted by atomic mass is 10.1. The molecule has 0 spiro atoms. The number of aromatic nitrogens is 1. The summed E-state index contributed by atoms with van der Waals surface area (Å²) in [7, 11) is 1.55. The molecule has 1 aromatic heterocycles. The van der Waals surface area contributed by atoms with Crippen molar-refractivity contribution in [2.24, 2.45) is 0 Å². The predicted octanol–water partition coefficient (Wildman–Crippen LogP) is 3.38. The molecule has 1 fully saturated rings. The lowest BCUT2D eigenvalue weighted by Gasteiger charge is -2.36. The minimum atomic E-state index is -0.180. The van der Waals surface area contributed by atoms with E-state index in [1.54, 1.807) is 43.6 Å². The van der Waals surface area contributed by atoms with Crippen LogP contribution < -0.4 is 24.5 Å². The number of carbonyl (C=O) groups excluding carboxylic acids is 1. The van der Waals surface area contributed by atoms with Crippen molar-refractivity contribution < 1.29 is 19.0 Å². The van der Waals surface area contributed by atoms with Gasteiger partial charge in [-0.15, -0.1) is 6.42 Å². The molecule has 0 atom stereocenters. The van der Waals surface area contributed by atoms with Crippen LogP contribution in [0.25, 0.3) is 10.9 Å². The van der Waals surface area contributed by atoms with E-state index in [0.717, 1.165) is 16.8 Å². The number of hydrazine groups is 1. The summed E-state index contributed by atoms with van der Waals surface area (Å²) in [6.07, 6.45) is 6.96. The fourth-order valence-electron chi connectivity index (χ4n) is 4.21. The number of hydrogen-bond acceptors (Lipinski definition) is 8. The van der Waals surface area contributed by atoms with Gasteiger partial charge in [-0.25, -0.2) is 5.01 Å². The standard InChI is InChI=1S/C28H29N5O4/c1-5-14-36-26-16-24-23(15-25(26)35-4)27(21(17-29)18-30-24)32-10-12-33(13-11-32)31-28(34)20-6-8-22(9-7-20)37-19(2)3/h1,6-9,15-16,18-19H,10-14H2,2-4H3,(H,31,34). The van der Waals surface area contributed by atoms with Crippen molar-refractivity contribution in [3.8, 4) is 35.7 Å². The van der Waals surface area contributed by atoms with Gasteiger partial charge in [0.15, 0.2) is 11.5 Å². The number of fused-ring (bicyclic) bond motifs is 1. The number of methoxy groups -OCH3 is 1. The number of ether oxygens (including phenoxy) is 3. The molecule has 1 aliphatic rings. The summed E-state index contributed by atoms with van der Waals surface area (Å²) in [5.74, 6) is 3.99. The van der Waals surface area contributed by atoms with Crippen LogP contribution in [0.15, 0.2) is 42.6 Å². The van der Waals surface area contributed by atoms with Gasteiger partial charge in [0.2, 0.25) is 0 Å². The molecule has 2 aromatic carbocycles. The van der Waals surface area contributed by atoms with Gasteiger partial charge in [-0.05, 0) is 44.2 Å². The summed E-state index contributed by atoms with van der Waals surface area (Å²) in [5, 5.41) is 12.5. The summed E-state index contributed by atoms with van der Waals surface area (Å²) in [5.41, 5.74) is 5.44. The van der Waals surface area contributed by atoms with E-state index in [0.29, 0.717) is 54.3 Å². The summed E-state index contributed by atoms with van der Waals surface area (Å²) >= 11 is 0. The predicted molar refractivity (Wildman–Crippen MR) is 141 cm³/mol. The number of rotatable bonds is 8. The number of nitrogens with zero attached hydrogens (tertiary/aromatic N) is 4. The molecule has 2 heterocycles. The van der Waals surface area contributed by atoms with E-state index >= 15 is 0 Å². The van der Waals surface area contributed by atoms with Crippen LogP contribution >= 0.6 is 0 Å². The molecular formula is C28H29N5O4. The fraction of sp³-hybridized carbons (Fsp3) is 0.321. The summed E-state index contributed by atoms with van der Waals surface area (Å²) in [4.78, 5) is 19.3. The number of benzene rings is 2. The minimum Gasteiger partial charge on any atom is -0.493 e. The monoisotopic (exact) mass is 499 g/mol. The van der Waals surface area contributed by atoms with Crippen LogP contribution in [0.3, 0.4) is 0 Å². The number of carbonyl (C=O) groups is 1. The summed E-state index contributed by atoms with van der Waals surface area (Å²) < 4.78 is 16.8. The number of anilines is 1. The molecule has 3 aromatic rings. The van der Waals surface area contributed by atoms with Gasteiger partial charge < -0.3 is 19.1 Å². The number of pyridine rings is 1. The second kappa shape index (κ2) is 11.5. The van der Waals surface area contributed by atoms with Crippen molar-refractivity contribution >= 4 is 22.5 Å². The highest BCUT2D eigenvalue weighted by molar-refractivity contribution is 5.97. The highest BCUT2D eigenvalue weighted by atomic mass is 16.5. The van der Waals surface area contributed by atoms with E-state index < -0.39 is 0 Å². The third-order valence-electron chi connectivity index (χ3n) is 5.90. The zero-order valence-corrected chi connectivity index (χ0v) is 21.2. The lowest BCUT2D eigenvalue weighted by Crippen LogP contribution is -2.53. The third kappa shape index (κ3) is 5.85. The van der Waals surface area contributed by atoms with E-state index in [2.05, 4.69) is 27.3 Å². The molecule has 1 N–H and O–H groups in total. The largest absolute Gasteiger partial charge is 0.493 e. The molecule has 0 aliphatic carbocycles. The Hall–Kier alpha value is -4.47. The fourth-order valence-corrected chi connectivity index (χ4v) is 4.21. The maximum atomic E-state index is 12.8. The number of nitriles is 1. The molecule has 37 heavy (non-hydrogen) atoms. The van der Waals surface area contributed by atoms with E-state index in [4.69, 9.17) is 20.6 Å². The van der Waals surface area contributed by atoms with E-state index in [9.17, 15) is 10.1 Å². The normalized spacial score (nSPS) is 13.6. The topological polar surface area (TPSA) is 100.0 Å². The molecule has 190 valence electrons. The number of terminal acetylenes is 1. The highest BCUT2D eigenvalue weighted by Gasteiger charge is 2.24. The van der Waals surface area contributed by atoms with Crippen molar-refractivity contribution in [3.63, 3.8) is 0 Å². The first kappa shape index (κ1) is 25.6. The van der Waals surface area contributed by atoms with Gasteiger partial charge in [0.05, 0.1) is 30.0 Å². The molecule has 0 radical (unpaired) electrons. The van der Waals surface area contributed by atoms with E-state index in [1.807, 2.05) is 24.9 Å². The SMILES string of the molecule is C#CCOc1cc2ncc(C#N)c(N3CCN(NC(=O)c4ccc(OC(C)C)cc4)CC3)c2cc1OC. The Morgan fingerprint density at radius 1 is 1.16 bits per heavy atom. The van der Waals surface area contributed by atoms with Crippen LogP contribution in [-0.4, -0.2) is 61.9 Å². The van der Waals surface area contributed by atoms with Crippen LogP contribution in [0.5, 0.6) is 17.2 Å². The lowest BCUT2D eigenvalue weighted by molar-refractivity contribution is 0.0777. The number of piperazine rings is 1. The van der Waals surface area contributed by atoms with Crippen molar-refractivity contribution in [2.75, 3.05) is 44.8 Å². The minimum absolute atomic E-state index is 0.0694. The van der Waals surface area contributed by atoms with Gasteiger partial charge in [0.25, 0.3) is 5.91 Å².